The molecule has 2 aromatic rings. The Labute approximate surface area is 137 Å². The summed E-state index contributed by atoms with van der Waals surface area (Å²) in [6.07, 6.45) is 0. The predicted molar refractivity (Wildman–Crippen MR) is 88.7 cm³/mol. The van der Waals surface area contributed by atoms with Gasteiger partial charge in [-0.15, -0.1) is 15.4 Å². The fourth-order valence-electron chi connectivity index (χ4n) is 1.62. The van der Waals surface area contributed by atoms with E-state index in [2.05, 4.69) is 3.77 Å². The normalized spacial score (nSPS) is 13.2. The van der Waals surface area contributed by atoms with Crippen LogP contribution in [0.4, 0.5) is 0 Å². The topological polar surface area (TPSA) is 46.5 Å². The lowest BCUT2D eigenvalue weighted by Gasteiger charge is -2.07. The van der Waals surface area contributed by atoms with E-state index in [-0.39, 0.29) is 4.90 Å². The maximum absolute atomic E-state index is 12.4. The van der Waals surface area contributed by atoms with Crippen LogP contribution in [0.2, 0.25) is 5.02 Å². The Kier molecular flexibility index (Phi) is 5.81. The van der Waals surface area contributed by atoms with Crippen LogP contribution in [0, 0.1) is 0 Å². The summed E-state index contributed by atoms with van der Waals surface area (Å²) in [5.41, 5.74) is 0. The molecule has 1 atom stereocenters. The van der Waals surface area contributed by atoms with Gasteiger partial charge < -0.3 is 0 Å². The van der Waals surface area contributed by atoms with Crippen LogP contribution in [0.5, 0.6) is 0 Å². The summed E-state index contributed by atoms with van der Waals surface area (Å²) in [6, 6.07) is 15.3. The second-order valence-electron chi connectivity index (χ2n) is 4.07. The first-order valence-corrected chi connectivity index (χ1v) is 9.79. The van der Waals surface area contributed by atoms with E-state index in [1.807, 2.05) is 30.3 Å². The first kappa shape index (κ1) is 16.5. The molecule has 0 aliphatic heterocycles. The molecule has 3 nitrogen and oxygen atoms in total. The largest absolute Gasteiger partial charge is 0.288 e. The number of benzene rings is 2. The third-order valence-corrected chi connectivity index (χ3v) is 7.03. The van der Waals surface area contributed by atoms with E-state index in [0.29, 0.717) is 16.7 Å². The monoisotopic (exact) mass is 361 g/mol. The van der Waals surface area contributed by atoms with Crippen LogP contribution in [-0.2, 0) is 20.7 Å². The molecular weight excluding hydrogens is 349 g/mol. The van der Waals surface area contributed by atoms with Crippen molar-refractivity contribution in [3.63, 3.8) is 0 Å². The minimum atomic E-state index is -3.73. The maximum atomic E-state index is 12.4. The van der Waals surface area contributed by atoms with Crippen molar-refractivity contribution in [1.29, 1.82) is 0 Å². The van der Waals surface area contributed by atoms with Crippen molar-refractivity contribution >= 4 is 43.9 Å². The third-order valence-electron chi connectivity index (χ3n) is 2.59. The molecule has 0 N–H and O–H groups in total. The molecule has 0 fully saturated rings. The zero-order chi connectivity index (χ0) is 15.3. The molecule has 0 aliphatic carbocycles. The second-order valence-corrected chi connectivity index (χ2v) is 8.52. The van der Waals surface area contributed by atoms with E-state index >= 15 is 0 Å². The number of hydrogen-bond donors (Lipinski definition) is 0. The molecule has 112 valence electrons. The SMILES string of the molecule is O=S(=O)(N=[S@@](CCCl)c1ccccc1)c1ccc(Cl)cc1. The molecule has 0 unspecified atom stereocenters. The summed E-state index contributed by atoms with van der Waals surface area (Å²) in [6.45, 7) is 0. The number of sulfonamides is 1. The van der Waals surface area contributed by atoms with E-state index in [9.17, 15) is 8.42 Å². The van der Waals surface area contributed by atoms with Crippen LogP contribution in [0.25, 0.3) is 0 Å². The van der Waals surface area contributed by atoms with Crippen molar-refractivity contribution in [3.05, 3.63) is 59.6 Å². The number of nitrogens with zero attached hydrogens (tertiary/aromatic N) is 1. The van der Waals surface area contributed by atoms with Gasteiger partial charge in [0.2, 0.25) is 0 Å². The quantitative estimate of drug-likeness (QED) is 0.751. The fourth-order valence-corrected chi connectivity index (χ4v) is 5.45. The first-order chi connectivity index (χ1) is 10.0. The minimum Gasteiger partial charge on any atom is -0.199 e. The second kappa shape index (κ2) is 7.40. The molecule has 0 spiro atoms. The molecule has 7 heteroatoms. The van der Waals surface area contributed by atoms with Gasteiger partial charge in [0.15, 0.2) is 0 Å². The smallest absolute Gasteiger partial charge is 0.199 e. The Morgan fingerprint density at radius 3 is 2.19 bits per heavy atom. The summed E-state index contributed by atoms with van der Waals surface area (Å²) < 4.78 is 28.8. The van der Waals surface area contributed by atoms with E-state index in [4.69, 9.17) is 23.2 Å². The summed E-state index contributed by atoms with van der Waals surface area (Å²) in [4.78, 5) is 0.991. The van der Waals surface area contributed by atoms with E-state index in [1.165, 1.54) is 24.3 Å². The zero-order valence-corrected chi connectivity index (χ0v) is 14.1. The molecule has 0 bridgehead atoms. The lowest BCUT2D eigenvalue weighted by atomic mass is 10.4. The molecule has 0 radical (unpaired) electrons. The van der Waals surface area contributed by atoms with Gasteiger partial charge in [0.05, 0.1) is 4.90 Å². The minimum absolute atomic E-state index is 0.134. The third kappa shape index (κ3) is 4.54. The van der Waals surface area contributed by atoms with Gasteiger partial charge in [-0.1, -0.05) is 29.8 Å². The molecular formula is C14H13Cl2NO2S2. The van der Waals surface area contributed by atoms with Crippen LogP contribution in [-0.4, -0.2) is 20.1 Å². The lowest BCUT2D eigenvalue weighted by Crippen LogP contribution is -2.05. The lowest BCUT2D eigenvalue weighted by molar-refractivity contribution is 0.598. The van der Waals surface area contributed by atoms with Gasteiger partial charge in [0.25, 0.3) is 10.0 Å². The van der Waals surface area contributed by atoms with Gasteiger partial charge in [-0.05, 0) is 47.1 Å². The summed E-state index contributed by atoms with van der Waals surface area (Å²) >= 11 is 11.5. The molecule has 0 saturated carbocycles. The van der Waals surface area contributed by atoms with E-state index < -0.39 is 20.7 Å². The highest BCUT2D eigenvalue weighted by atomic mass is 35.5. The van der Waals surface area contributed by atoms with Gasteiger partial charge >= 0.3 is 0 Å². The molecule has 0 amide bonds. The number of halogens is 2. The van der Waals surface area contributed by atoms with Crippen molar-refractivity contribution in [3.8, 4) is 0 Å². The molecule has 0 aliphatic rings. The van der Waals surface area contributed by atoms with Crippen molar-refractivity contribution in [2.75, 3.05) is 11.6 Å². The van der Waals surface area contributed by atoms with Crippen molar-refractivity contribution in [1.82, 2.24) is 0 Å². The summed E-state index contributed by atoms with van der Waals surface area (Å²) in [5.74, 6) is 0.829. The van der Waals surface area contributed by atoms with Gasteiger partial charge in [-0.2, -0.15) is 8.42 Å². The Bertz CT molecular complexity index is 729. The Morgan fingerprint density at radius 2 is 1.62 bits per heavy atom. The van der Waals surface area contributed by atoms with E-state index in [1.54, 1.807) is 0 Å². The number of alkyl halides is 1. The van der Waals surface area contributed by atoms with Crippen molar-refractivity contribution < 1.29 is 8.42 Å². The van der Waals surface area contributed by atoms with Gasteiger partial charge in [-0.25, -0.2) is 0 Å². The molecule has 21 heavy (non-hydrogen) atoms. The molecule has 0 heterocycles. The Hall–Kier alpha value is -0.880. The number of rotatable bonds is 5. The molecule has 2 rings (SSSR count). The van der Waals surface area contributed by atoms with Crippen LogP contribution >= 0.6 is 23.2 Å². The highest BCUT2D eigenvalue weighted by Crippen LogP contribution is 2.19. The van der Waals surface area contributed by atoms with Gasteiger partial charge in [-0.3, -0.25) is 0 Å². The van der Waals surface area contributed by atoms with Crippen LogP contribution in [0.3, 0.4) is 0 Å². The average Bonchev–Trinajstić information content (AvgIpc) is 2.48. The molecule has 2 aromatic carbocycles. The number of hydrogen-bond acceptors (Lipinski definition) is 2. The van der Waals surface area contributed by atoms with Crippen LogP contribution in [0.15, 0.2) is 68.2 Å². The fraction of sp³-hybridized carbons (Fsp3) is 0.143. The van der Waals surface area contributed by atoms with Crippen LogP contribution in [0.1, 0.15) is 0 Å². The van der Waals surface area contributed by atoms with E-state index in [0.717, 1.165) is 4.90 Å². The van der Waals surface area contributed by atoms with Gasteiger partial charge in [0, 0.05) is 21.6 Å². The zero-order valence-electron chi connectivity index (χ0n) is 10.9. The van der Waals surface area contributed by atoms with Crippen molar-refractivity contribution in [2.45, 2.75) is 9.79 Å². The van der Waals surface area contributed by atoms with Crippen molar-refractivity contribution in [2.24, 2.45) is 3.77 Å². The highest BCUT2D eigenvalue weighted by Gasteiger charge is 2.14. The maximum Gasteiger partial charge on any atom is 0.288 e. The summed E-state index contributed by atoms with van der Waals surface area (Å²) in [5, 5.41) is 0.483. The molecule has 0 saturated heterocycles. The predicted octanol–water partition coefficient (Wildman–Crippen LogP) is 4.13. The Morgan fingerprint density at radius 1 is 1.00 bits per heavy atom. The highest BCUT2D eigenvalue weighted by molar-refractivity contribution is 8.00. The molecule has 0 aromatic heterocycles. The van der Waals surface area contributed by atoms with Crippen LogP contribution < -0.4 is 0 Å². The van der Waals surface area contributed by atoms with Gasteiger partial charge in [0.1, 0.15) is 0 Å². The summed E-state index contributed by atoms with van der Waals surface area (Å²) in [7, 11) is -4.52. The first-order valence-electron chi connectivity index (χ1n) is 6.08. The standard InChI is InChI=1S/C14H13Cl2NO2S2/c15-10-11-20(13-4-2-1-3-5-13)17-21(18,19)14-8-6-12(16)7-9-14/h1-9H,10-11H2/t20-/m0/s1. The Balaban J connectivity index is 2.44. The average molecular weight is 362 g/mol.